The van der Waals surface area contributed by atoms with Crippen LogP contribution in [0.2, 0.25) is 0 Å². The Labute approximate surface area is 122 Å². The summed E-state index contributed by atoms with van der Waals surface area (Å²) in [6.45, 7) is 6.85. The average Bonchev–Trinajstić information content (AvgIpc) is 2.37. The van der Waals surface area contributed by atoms with Gasteiger partial charge in [-0.25, -0.2) is 0 Å². The maximum atomic E-state index is 11.3. The summed E-state index contributed by atoms with van der Waals surface area (Å²) in [6.07, 6.45) is -0.0331. The van der Waals surface area contributed by atoms with Gasteiger partial charge < -0.3 is 15.8 Å². The fourth-order valence-electron chi connectivity index (χ4n) is 1.88. The first-order chi connectivity index (χ1) is 8.99. The van der Waals surface area contributed by atoms with Gasteiger partial charge in [-0.05, 0) is 38.1 Å². The minimum absolute atomic E-state index is 0.142. The van der Waals surface area contributed by atoms with Gasteiger partial charge in [0.1, 0.15) is 5.75 Å². The average molecular weight is 329 g/mol. The van der Waals surface area contributed by atoms with E-state index in [1.54, 1.807) is 0 Å². The molecular weight excluding hydrogens is 308 g/mol. The quantitative estimate of drug-likeness (QED) is 0.808. The van der Waals surface area contributed by atoms with Gasteiger partial charge in [0.15, 0.2) is 6.10 Å². The molecule has 2 atom stereocenters. The van der Waals surface area contributed by atoms with Gasteiger partial charge in [0.25, 0.3) is 5.91 Å². The standard InChI is InChI=1S/C14H21BrN2O2/c1-4-12(14(16)18)19-13-7-6-10(15)8-11(13)9(3)17-5-2/h6-9,12,17H,4-5H2,1-3H3,(H2,16,18). The number of carbonyl (C=O) groups excluding carboxylic acids is 1. The van der Waals surface area contributed by atoms with Gasteiger partial charge in [-0.3, -0.25) is 4.79 Å². The summed E-state index contributed by atoms with van der Waals surface area (Å²) in [7, 11) is 0. The maximum Gasteiger partial charge on any atom is 0.258 e. The number of nitrogens with one attached hydrogen (secondary N) is 1. The zero-order chi connectivity index (χ0) is 14.4. The summed E-state index contributed by atoms with van der Waals surface area (Å²) < 4.78 is 6.72. The first-order valence-electron chi connectivity index (χ1n) is 6.48. The Bertz CT molecular complexity index is 437. The number of hydrogen-bond acceptors (Lipinski definition) is 3. The maximum absolute atomic E-state index is 11.3. The zero-order valence-electron chi connectivity index (χ0n) is 11.6. The minimum atomic E-state index is -0.589. The van der Waals surface area contributed by atoms with Crippen molar-refractivity contribution in [3.8, 4) is 5.75 Å². The Kier molecular flexibility index (Phi) is 6.31. The Hall–Kier alpha value is -1.07. The summed E-state index contributed by atoms with van der Waals surface area (Å²) in [6, 6.07) is 5.89. The Morgan fingerprint density at radius 1 is 1.47 bits per heavy atom. The van der Waals surface area contributed by atoms with Crippen LogP contribution in [-0.2, 0) is 4.79 Å². The third kappa shape index (κ3) is 4.51. The highest BCUT2D eigenvalue weighted by molar-refractivity contribution is 9.10. The van der Waals surface area contributed by atoms with Gasteiger partial charge in [0, 0.05) is 16.1 Å². The second-order valence-electron chi connectivity index (χ2n) is 4.38. The van der Waals surface area contributed by atoms with Crippen LogP contribution >= 0.6 is 15.9 Å². The molecule has 19 heavy (non-hydrogen) atoms. The summed E-state index contributed by atoms with van der Waals surface area (Å²) in [5.41, 5.74) is 6.33. The predicted octanol–water partition coefficient (Wildman–Crippen LogP) is 2.76. The van der Waals surface area contributed by atoms with E-state index in [0.29, 0.717) is 12.2 Å². The molecule has 0 spiro atoms. The molecule has 0 aliphatic carbocycles. The molecule has 0 saturated heterocycles. The summed E-state index contributed by atoms with van der Waals surface area (Å²) in [4.78, 5) is 11.3. The molecule has 1 amide bonds. The molecule has 0 aliphatic rings. The van der Waals surface area contributed by atoms with E-state index in [1.165, 1.54) is 0 Å². The van der Waals surface area contributed by atoms with Gasteiger partial charge in [-0.1, -0.05) is 29.8 Å². The van der Waals surface area contributed by atoms with E-state index in [0.717, 1.165) is 16.6 Å². The van der Waals surface area contributed by atoms with Crippen molar-refractivity contribution in [1.82, 2.24) is 5.32 Å². The molecule has 0 radical (unpaired) electrons. The fourth-order valence-corrected chi connectivity index (χ4v) is 2.26. The predicted molar refractivity (Wildman–Crippen MR) is 80.1 cm³/mol. The molecule has 0 aromatic heterocycles. The minimum Gasteiger partial charge on any atom is -0.480 e. The summed E-state index contributed by atoms with van der Waals surface area (Å²) in [5.74, 6) is 0.259. The van der Waals surface area contributed by atoms with Gasteiger partial charge in [0.2, 0.25) is 0 Å². The monoisotopic (exact) mass is 328 g/mol. The van der Waals surface area contributed by atoms with Crippen LogP contribution in [0.1, 0.15) is 38.8 Å². The topological polar surface area (TPSA) is 64.3 Å². The highest BCUT2D eigenvalue weighted by Gasteiger charge is 2.18. The third-order valence-electron chi connectivity index (χ3n) is 2.91. The number of amides is 1. The van der Waals surface area contributed by atoms with Crippen LogP contribution in [-0.4, -0.2) is 18.6 Å². The molecule has 1 rings (SSSR count). The van der Waals surface area contributed by atoms with Gasteiger partial charge in [0.05, 0.1) is 0 Å². The first-order valence-corrected chi connectivity index (χ1v) is 7.27. The molecule has 0 heterocycles. The van der Waals surface area contributed by atoms with Crippen molar-refractivity contribution in [2.45, 2.75) is 39.3 Å². The Morgan fingerprint density at radius 2 is 2.16 bits per heavy atom. The van der Waals surface area contributed by atoms with E-state index >= 15 is 0 Å². The lowest BCUT2D eigenvalue weighted by Gasteiger charge is -2.21. The summed E-state index contributed by atoms with van der Waals surface area (Å²) >= 11 is 3.45. The molecule has 1 aromatic rings. The van der Waals surface area contributed by atoms with Crippen LogP contribution in [0.4, 0.5) is 0 Å². The number of carbonyl (C=O) groups is 1. The van der Waals surface area contributed by atoms with Crippen LogP contribution in [0.25, 0.3) is 0 Å². The van der Waals surface area contributed by atoms with Crippen LogP contribution in [0.3, 0.4) is 0 Å². The number of hydrogen-bond donors (Lipinski definition) is 2. The van der Waals surface area contributed by atoms with E-state index in [-0.39, 0.29) is 6.04 Å². The molecular formula is C14H21BrN2O2. The van der Waals surface area contributed by atoms with E-state index < -0.39 is 12.0 Å². The second kappa shape index (κ2) is 7.50. The van der Waals surface area contributed by atoms with Gasteiger partial charge in [-0.15, -0.1) is 0 Å². The van der Waals surface area contributed by atoms with Crippen molar-refractivity contribution in [2.24, 2.45) is 5.73 Å². The SMILES string of the molecule is CCNC(C)c1cc(Br)ccc1OC(CC)C(N)=O. The molecule has 0 aliphatic heterocycles. The largest absolute Gasteiger partial charge is 0.480 e. The van der Waals surface area contributed by atoms with Crippen molar-refractivity contribution in [1.29, 1.82) is 0 Å². The highest BCUT2D eigenvalue weighted by Crippen LogP contribution is 2.29. The number of halogens is 1. The molecule has 0 saturated carbocycles. The van der Waals surface area contributed by atoms with Crippen molar-refractivity contribution in [3.05, 3.63) is 28.2 Å². The molecule has 1 aromatic carbocycles. The molecule has 3 N–H and O–H groups in total. The molecule has 0 fully saturated rings. The third-order valence-corrected chi connectivity index (χ3v) is 3.40. The van der Waals surface area contributed by atoms with Gasteiger partial charge in [-0.2, -0.15) is 0 Å². The smallest absolute Gasteiger partial charge is 0.258 e. The number of benzene rings is 1. The van der Waals surface area contributed by atoms with Crippen molar-refractivity contribution >= 4 is 21.8 Å². The summed E-state index contributed by atoms with van der Waals surface area (Å²) in [5, 5.41) is 3.33. The Balaban J connectivity index is 3.02. The first kappa shape index (κ1) is 16.0. The van der Waals surface area contributed by atoms with Crippen molar-refractivity contribution in [2.75, 3.05) is 6.54 Å². The lowest BCUT2D eigenvalue weighted by molar-refractivity contribution is -0.124. The number of primary amides is 1. The second-order valence-corrected chi connectivity index (χ2v) is 5.29. The number of nitrogens with two attached hydrogens (primary N) is 1. The molecule has 2 unspecified atom stereocenters. The lowest BCUT2D eigenvalue weighted by Crippen LogP contribution is -2.33. The van der Waals surface area contributed by atoms with Gasteiger partial charge >= 0.3 is 0 Å². The van der Waals surface area contributed by atoms with E-state index in [2.05, 4.69) is 28.2 Å². The molecule has 5 heteroatoms. The molecule has 4 nitrogen and oxygen atoms in total. The number of ether oxygens (including phenoxy) is 1. The fraction of sp³-hybridized carbons (Fsp3) is 0.500. The van der Waals surface area contributed by atoms with Crippen LogP contribution in [0.5, 0.6) is 5.75 Å². The Morgan fingerprint density at radius 3 is 2.68 bits per heavy atom. The number of rotatable bonds is 7. The molecule has 0 bridgehead atoms. The van der Waals surface area contributed by atoms with Crippen LogP contribution in [0, 0.1) is 0 Å². The lowest BCUT2D eigenvalue weighted by atomic mass is 10.1. The van der Waals surface area contributed by atoms with E-state index in [1.807, 2.05) is 32.0 Å². The van der Waals surface area contributed by atoms with Crippen molar-refractivity contribution < 1.29 is 9.53 Å². The van der Waals surface area contributed by atoms with Crippen LogP contribution < -0.4 is 15.8 Å². The van der Waals surface area contributed by atoms with E-state index in [4.69, 9.17) is 10.5 Å². The normalized spacial score (nSPS) is 13.9. The van der Waals surface area contributed by atoms with Crippen molar-refractivity contribution in [3.63, 3.8) is 0 Å². The highest BCUT2D eigenvalue weighted by atomic mass is 79.9. The van der Waals surface area contributed by atoms with Crippen LogP contribution in [0.15, 0.2) is 22.7 Å². The molecule has 106 valence electrons. The van der Waals surface area contributed by atoms with E-state index in [9.17, 15) is 4.79 Å². The zero-order valence-corrected chi connectivity index (χ0v) is 13.2.